The van der Waals surface area contributed by atoms with Crippen LogP contribution in [0.1, 0.15) is 44.2 Å². The molecule has 1 nitrogen and oxygen atoms in total. The van der Waals surface area contributed by atoms with Gasteiger partial charge in [-0.3, -0.25) is 0 Å². The second-order valence-electron chi connectivity index (χ2n) is 7.18. The van der Waals surface area contributed by atoms with E-state index in [9.17, 15) is 53.4 Å². The lowest BCUT2D eigenvalue weighted by molar-refractivity contribution is -0.424. The number of rotatable bonds is 9. The SMILES string of the molecule is CCCCc1cccc(C(C)(O)CC(F)(F)C(F)(F)C(F)(F)C(F)(F)C(F)(F)F)c1. The quantitative estimate of drug-likeness (QED) is 0.405. The first kappa shape index (κ1) is 26.4. The Hall–Kier alpha value is -1.59. The van der Waals surface area contributed by atoms with Crippen molar-refractivity contribution in [2.75, 3.05) is 0 Å². The van der Waals surface area contributed by atoms with Crippen LogP contribution in [0.25, 0.3) is 0 Å². The van der Waals surface area contributed by atoms with E-state index >= 15 is 0 Å². The van der Waals surface area contributed by atoms with Crippen LogP contribution in [0.5, 0.6) is 0 Å². The zero-order chi connectivity index (χ0) is 23.8. The van der Waals surface area contributed by atoms with Crippen LogP contribution in [0.4, 0.5) is 48.3 Å². The third-order valence-electron chi connectivity index (χ3n) is 4.54. The first-order valence-corrected chi connectivity index (χ1v) is 8.64. The van der Waals surface area contributed by atoms with Gasteiger partial charge in [-0.25, -0.2) is 0 Å². The third-order valence-corrected chi connectivity index (χ3v) is 4.54. The number of benzene rings is 1. The fourth-order valence-electron chi connectivity index (χ4n) is 2.69. The van der Waals surface area contributed by atoms with Crippen LogP contribution in [0.2, 0.25) is 0 Å². The van der Waals surface area contributed by atoms with E-state index in [4.69, 9.17) is 0 Å². The van der Waals surface area contributed by atoms with Gasteiger partial charge in [-0.2, -0.15) is 48.3 Å². The summed E-state index contributed by atoms with van der Waals surface area (Å²) < 4.78 is 144. The summed E-state index contributed by atoms with van der Waals surface area (Å²) in [4.78, 5) is 0. The lowest BCUT2D eigenvalue weighted by Gasteiger charge is -2.39. The predicted molar refractivity (Wildman–Crippen MR) is 85.1 cm³/mol. The molecule has 0 saturated heterocycles. The van der Waals surface area contributed by atoms with Gasteiger partial charge in [0.1, 0.15) is 0 Å². The molecule has 0 aliphatic heterocycles. The summed E-state index contributed by atoms with van der Waals surface area (Å²) in [5.41, 5.74) is -2.88. The highest BCUT2D eigenvalue weighted by atomic mass is 19.4. The molecule has 0 fully saturated rings. The van der Waals surface area contributed by atoms with E-state index in [0.717, 1.165) is 18.6 Å². The number of aryl methyl sites for hydroxylation is 1. The van der Waals surface area contributed by atoms with Crippen LogP contribution < -0.4 is 0 Å². The van der Waals surface area contributed by atoms with Crippen molar-refractivity contribution >= 4 is 0 Å². The number of unbranched alkanes of at least 4 members (excludes halogenated alkanes) is 1. The number of hydrogen-bond acceptors (Lipinski definition) is 1. The van der Waals surface area contributed by atoms with E-state index < -0.39 is 47.5 Å². The lowest BCUT2D eigenvalue weighted by atomic mass is 9.84. The van der Waals surface area contributed by atoms with Crippen molar-refractivity contribution in [2.45, 2.75) is 75.0 Å². The van der Waals surface area contributed by atoms with Gasteiger partial charge in [-0.05, 0) is 30.9 Å². The summed E-state index contributed by atoms with van der Waals surface area (Å²) in [6, 6.07) is 4.91. The highest BCUT2D eigenvalue weighted by Crippen LogP contribution is 2.59. The average molecular weight is 460 g/mol. The van der Waals surface area contributed by atoms with Gasteiger partial charge in [0.05, 0.1) is 12.0 Å². The summed E-state index contributed by atoms with van der Waals surface area (Å²) in [5.74, 6) is -28.2. The standard InChI is InChI=1S/C18H19F11O/c1-3-4-6-11-7-5-8-12(9-11)13(2,30)10-14(19,20)15(21,22)16(23,24)17(25,26)18(27,28)29/h5,7-9,30H,3-4,6,10H2,1-2H3. The fourth-order valence-corrected chi connectivity index (χ4v) is 2.69. The highest BCUT2D eigenvalue weighted by molar-refractivity contribution is 5.28. The number of alkyl halides is 11. The molecule has 0 amide bonds. The van der Waals surface area contributed by atoms with E-state index in [2.05, 4.69) is 0 Å². The molecule has 0 aliphatic carbocycles. The average Bonchev–Trinajstić information content (AvgIpc) is 2.57. The van der Waals surface area contributed by atoms with Gasteiger partial charge in [-0.15, -0.1) is 0 Å². The molecular weight excluding hydrogens is 441 g/mol. The minimum absolute atomic E-state index is 0.406. The monoisotopic (exact) mass is 460 g/mol. The fraction of sp³-hybridized carbons (Fsp3) is 0.667. The van der Waals surface area contributed by atoms with Crippen molar-refractivity contribution in [1.29, 1.82) is 0 Å². The second-order valence-corrected chi connectivity index (χ2v) is 7.18. The topological polar surface area (TPSA) is 20.2 Å². The summed E-state index contributed by atoms with van der Waals surface area (Å²) in [6.07, 6.45) is -7.98. The molecule has 0 bridgehead atoms. The summed E-state index contributed by atoms with van der Waals surface area (Å²) in [7, 11) is 0. The largest absolute Gasteiger partial charge is 0.460 e. The van der Waals surface area contributed by atoms with E-state index in [1.54, 1.807) is 0 Å². The van der Waals surface area contributed by atoms with Crippen LogP contribution in [0.15, 0.2) is 24.3 Å². The summed E-state index contributed by atoms with van der Waals surface area (Å²) in [5, 5.41) is 10.2. The normalized spacial score (nSPS) is 16.5. The zero-order valence-electron chi connectivity index (χ0n) is 15.7. The van der Waals surface area contributed by atoms with Crippen molar-refractivity contribution in [1.82, 2.24) is 0 Å². The first-order chi connectivity index (χ1) is 13.2. The van der Waals surface area contributed by atoms with Gasteiger partial charge in [0, 0.05) is 0 Å². The Morgan fingerprint density at radius 2 is 1.33 bits per heavy atom. The van der Waals surface area contributed by atoms with Gasteiger partial charge in [0.15, 0.2) is 0 Å². The van der Waals surface area contributed by atoms with Crippen molar-refractivity contribution < 1.29 is 53.4 Å². The van der Waals surface area contributed by atoms with Crippen molar-refractivity contribution in [3.05, 3.63) is 35.4 Å². The molecular formula is C18H19F11O. The van der Waals surface area contributed by atoms with E-state index in [-0.39, 0.29) is 0 Å². The maximum absolute atomic E-state index is 14.0. The maximum Gasteiger partial charge on any atom is 0.460 e. The molecule has 0 aromatic heterocycles. The van der Waals surface area contributed by atoms with Gasteiger partial charge in [0.2, 0.25) is 0 Å². The van der Waals surface area contributed by atoms with Crippen LogP contribution in [-0.4, -0.2) is 35.0 Å². The Morgan fingerprint density at radius 3 is 1.80 bits per heavy atom. The van der Waals surface area contributed by atoms with E-state index in [0.29, 0.717) is 25.3 Å². The molecule has 0 saturated carbocycles. The van der Waals surface area contributed by atoms with Gasteiger partial charge in [-0.1, -0.05) is 37.6 Å². The second kappa shape index (κ2) is 8.16. The highest BCUT2D eigenvalue weighted by Gasteiger charge is 2.87. The number of halogens is 11. The maximum atomic E-state index is 14.0. The molecule has 0 aliphatic rings. The lowest BCUT2D eigenvalue weighted by Crippen LogP contribution is -2.67. The molecule has 1 unspecified atom stereocenters. The number of hydrogen-bond donors (Lipinski definition) is 1. The van der Waals surface area contributed by atoms with Crippen LogP contribution in [0, 0.1) is 0 Å². The Morgan fingerprint density at radius 1 is 0.800 bits per heavy atom. The Kier molecular flexibility index (Phi) is 7.19. The third kappa shape index (κ3) is 4.67. The molecule has 1 rings (SSSR count). The van der Waals surface area contributed by atoms with Crippen molar-refractivity contribution in [3.63, 3.8) is 0 Å². The number of aliphatic hydroxyl groups is 1. The molecule has 0 radical (unpaired) electrons. The Balaban J connectivity index is 3.30. The first-order valence-electron chi connectivity index (χ1n) is 8.64. The minimum Gasteiger partial charge on any atom is -0.385 e. The van der Waals surface area contributed by atoms with Gasteiger partial charge >= 0.3 is 29.9 Å². The van der Waals surface area contributed by atoms with Crippen LogP contribution in [0.3, 0.4) is 0 Å². The van der Waals surface area contributed by atoms with E-state index in [1.807, 2.05) is 6.92 Å². The summed E-state index contributed by atoms with van der Waals surface area (Å²) in [6.45, 7) is 2.37. The Bertz CT molecular complexity index is 723. The predicted octanol–water partition coefficient (Wildman–Crippen LogP) is 6.73. The van der Waals surface area contributed by atoms with Gasteiger partial charge in [0.25, 0.3) is 0 Å². The van der Waals surface area contributed by atoms with Crippen LogP contribution >= 0.6 is 0 Å². The van der Waals surface area contributed by atoms with Gasteiger partial charge < -0.3 is 5.11 Å². The molecule has 1 aromatic rings. The molecule has 0 spiro atoms. The summed E-state index contributed by atoms with van der Waals surface area (Å²) >= 11 is 0. The minimum atomic E-state index is -7.49. The van der Waals surface area contributed by atoms with Crippen LogP contribution in [-0.2, 0) is 12.0 Å². The molecule has 0 heterocycles. The Labute approximate surface area is 164 Å². The smallest absolute Gasteiger partial charge is 0.385 e. The molecule has 12 heteroatoms. The molecule has 30 heavy (non-hydrogen) atoms. The molecule has 174 valence electrons. The van der Waals surface area contributed by atoms with Crippen molar-refractivity contribution in [2.24, 2.45) is 0 Å². The molecule has 1 N–H and O–H groups in total. The zero-order valence-corrected chi connectivity index (χ0v) is 15.7. The molecule has 1 atom stereocenters. The van der Waals surface area contributed by atoms with E-state index in [1.165, 1.54) is 12.1 Å². The molecule has 1 aromatic carbocycles. The van der Waals surface area contributed by atoms with Crippen molar-refractivity contribution in [3.8, 4) is 0 Å².